The van der Waals surface area contributed by atoms with E-state index in [4.69, 9.17) is 11.6 Å². The molecular weight excluding hydrogens is 219 g/mol. The van der Waals surface area contributed by atoms with E-state index in [1.165, 1.54) is 7.11 Å². The minimum Gasteiger partial charge on any atom is -0.493 e. The van der Waals surface area contributed by atoms with Crippen LogP contribution in [0, 0.1) is 5.82 Å². The van der Waals surface area contributed by atoms with Crippen molar-refractivity contribution in [2.45, 2.75) is 12.3 Å². The fourth-order valence-electron chi connectivity index (χ4n) is 1.06. The number of nitrogens with zero attached hydrogens (tertiary/aromatic N) is 1. The molecule has 0 aromatic carbocycles. The molecule has 0 saturated heterocycles. The third-order valence-corrected chi connectivity index (χ3v) is 1.93. The summed E-state index contributed by atoms with van der Waals surface area (Å²) in [5.74, 6) is -1.34. The monoisotopic (exact) mass is 225 g/mol. The first-order valence-corrected chi connectivity index (χ1v) is 4.20. The van der Waals surface area contributed by atoms with E-state index >= 15 is 0 Å². The van der Waals surface area contributed by atoms with Gasteiger partial charge in [-0.3, -0.25) is 4.98 Å². The first-order valence-electron chi connectivity index (χ1n) is 3.67. The Hall–Kier alpha value is -0.970. The zero-order valence-corrected chi connectivity index (χ0v) is 7.99. The number of pyridine rings is 1. The van der Waals surface area contributed by atoms with E-state index in [-0.39, 0.29) is 17.2 Å². The molecule has 6 heteroatoms. The average Bonchev–Trinajstić information content (AvgIpc) is 2.16. The van der Waals surface area contributed by atoms with Gasteiger partial charge in [0.15, 0.2) is 11.6 Å². The van der Waals surface area contributed by atoms with Gasteiger partial charge >= 0.3 is 0 Å². The summed E-state index contributed by atoms with van der Waals surface area (Å²) in [6.07, 6.45) is -2.10. The number of halogens is 4. The minimum atomic E-state index is -2.79. The molecule has 0 aliphatic carbocycles. The lowest BCUT2D eigenvalue weighted by Gasteiger charge is -2.10. The third-order valence-electron chi connectivity index (χ3n) is 1.66. The Balaban J connectivity index is 3.33. The second-order valence-corrected chi connectivity index (χ2v) is 2.70. The van der Waals surface area contributed by atoms with Crippen LogP contribution in [0.2, 0.25) is 0 Å². The largest absolute Gasteiger partial charge is 0.493 e. The van der Waals surface area contributed by atoms with Gasteiger partial charge in [-0.05, 0) is 0 Å². The standard InChI is InChI=1S/C8H7ClF3NO/c1-14-7-4(2-9)6(8(11)12)13-3-5(7)10/h3,8H,2H2,1H3. The molecule has 1 aromatic rings. The van der Waals surface area contributed by atoms with E-state index in [1.807, 2.05) is 0 Å². The van der Waals surface area contributed by atoms with Crippen LogP contribution in [-0.2, 0) is 5.88 Å². The van der Waals surface area contributed by atoms with Crippen molar-refractivity contribution < 1.29 is 17.9 Å². The van der Waals surface area contributed by atoms with Crippen LogP contribution in [0.3, 0.4) is 0 Å². The first-order chi connectivity index (χ1) is 6.61. The normalized spacial score (nSPS) is 10.7. The van der Waals surface area contributed by atoms with Gasteiger partial charge in [-0.25, -0.2) is 13.2 Å². The highest BCUT2D eigenvalue weighted by Gasteiger charge is 2.20. The number of rotatable bonds is 3. The van der Waals surface area contributed by atoms with Gasteiger partial charge in [-0.1, -0.05) is 0 Å². The summed E-state index contributed by atoms with van der Waals surface area (Å²) in [5, 5.41) is 0. The summed E-state index contributed by atoms with van der Waals surface area (Å²) in [7, 11) is 1.18. The second-order valence-electron chi connectivity index (χ2n) is 2.44. The topological polar surface area (TPSA) is 22.1 Å². The van der Waals surface area contributed by atoms with E-state index in [2.05, 4.69) is 9.72 Å². The molecule has 0 spiro atoms. The summed E-state index contributed by atoms with van der Waals surface area (Å²) >= 11 is 5.41. The fraction of sp³-hybridized carbons (Fsp3) is 0.375. The summed E-state index contributed by atoms with van der Waals surface area (Å²) in [4.78, 5) is 3.27. The van der Waals surface area contributed by atoms with E-state index in [0.717, 1.165) is 0 Å². The van der Waals surface area contributed by atoms with Gasteiger partial charge in [0.25, 0.3) is 6.43 Å². The van der Waals surface area contributed by atoms with Crippen molar-refractivity contribution >= 4 is 11.6 Å². The Morgan fingerprint density at radius 3 is 2.64 bits per heavy atom. The van der Waals surface area contributed by atoms with Gasteiger partial charge in [0.1, 0.15) is 5.69 Å². The van der Waals surface area contributed by atoms with Crippen LogP contribution in [0.4, 0.5) is 13.2 Å². The minimum absolute atomic E-state index is 0.107. The predicted molar refractivity (Wildman–Crippen MR) is 45.3 cm³/mol. The molecule has 0 radical (unpaired) electrons. The van der Waals surface area contributed by atoms with Gasteiger partial charge in [0.05, 0.1) is 19.2 Å². The lowest BCUT2D eigenvalue weighted by Crippen LogP contribution is -2.02. The Labute approximate surface area is 83.7 Å². The fourth-order valence-corrected chi connectivity index (χ4v) is 1.32. The first kappa shape index (κ1) is 11.1. The summed E-state index contributed by atoms with van der Waals surface area (Å²) in [6.45, 7) is 0. The van der Waals surface area contributed by atoms with Crippen molar-refractivity contribution in [1.82, 2.24) is 4.98 Å². The number of hydrogen-bond acceptors (Lipinski definition) is 2. The molecule has 1 heterocycles. The maximum Gasteiger partial charge on any atom is 0.280 e. The zero-order valence-electron chi connectivity index (χ0n) is 7.23. The van der Waals surface area contributed by atoms with Crippen molar-refractivity contribution in [3.05, 3.63) is 23.3 Å². The smallest absolute Gasteiger partial charge is 0.280 e. The highest BCUT2D eigenvalue weighted by Crippen LogP contribution is 2.31. The number of aromatic nitrogens is 1. The molecule has 0 unspecified atom stereocenters. The molecule has 0 N–H and O–H groups in total. The molecule has 2 nitrogen and oxygen atoms in total. The molecule has 0 fully saturated rings. The lowest BCUT2D eigenvalue weighted by molar-refractivity contribution is 0.144. The van der Waals surface area contributed by atoms with E-state index in [0.29, 0.717) is 6.20 Å². The summed E-state index contributed by atoms with van der Waals surface area (Å²) in [5.41, 5.74) is -0.651. The molecule has 78 valence electrons. The van der Waals surface area contributed by atoms with Crippen molar-refractivity contribution in [2.75, 3.05) is 7.11 Å². The Morgan fingerprint density at radius 1 is 1.57 bits per heavy atom. The molecule has 14 heavy (non-hydrogen) atoms. The zero-order chi connectivity index (χ0) is 10.7. The van der Waals surface area contributed by atoms with Crippen molar-refractivity contribution in [1.29, 1.82) is 0 Å². The van der Waals surface area contributed by atoms with Gasteiger partial charge < -0.3 is 4.74 Å². The molecule has 0 aliphatic rings. The third kappa shape index (κ3) is 1.92. The number of methoxy groups -OCH3 is 1. The van der Waals surface area contributed by atoms with Crippen LogP contribution in [-0.4, -0.2) is 12.1 Å². The van der Waals surface area contributed by atoms with Crippen molar-refractivity contribution in [3.8, 4) is 5.75 Å². The Kier molecular flexibility index (Phi) is 3.57. The predicted octanol–water partition coefficient (Wildman–Crippen LogP) is 2.91. The number of alkyl halides is 3. The van der Waals surface area contributed by atoms with Crippen LogP contribution in [0.25, 0.3) is 0 Å². The van der Waals surface area contributed by atoms with Gasteiger partial charge in [0.2, 0.25) is 0 Å². The van der Waals surface area contributed by atoms with Crippen LogP contribution >= 0.6 is 11.6 Å². The highest BCUT2D eigenvalue weighted by molar-refractivity contribution is 6.17. The second kappa shape index (κ2) is 4.50. The SMILES string of the molecule is COc1c(F)cnc(C(F)F)c1CCl. The van der Waals surface area contributed by atoms with E-state index < -0.39 is 17.9 Å². The molecule has 0 bridgehead atoms. The quantitative estimate of drug-likeness (QED) is 0.738. The Bertz CT molecular complexity index is 333. The molecular formula is C8H7ClF3NO. The number of hydrogen-bond donors (Lipinski definition) is 0. The lowest BCUT2D eigenvalue weighted by atomic mass is 10.2. The van der Waals surface area contributed by atoms with Crippen LogP contribution in [0.1, 0.15) is 17.7 Å². The summed E-state index contributed by atoms with van der Waals surface area (Å²) in [6, 6.07) is 0. The molecule has 1 rings (SSSR count). The van der Waals surface area contributed by atoms with Crippen LogP contribution < -0.4 is 4.74 Å². The van der Waals surface area contributed by atoms with Gasteiger partial charge in [-0.2, -0.15) is 0 Å². The molecule has 0 atom stereocenters. The average molecular weight is 226 g/mol. The van der Waals surface area contributed by atoms with E-state index in [1.54, 1.807) is 0 Å². The van der Waals surface area contributed by atoms with Gasteiger partial charge in [0, 0.05) is 5.56 Å². The maximum absolute atomic E-state index is 13.0. The van der Waals surface area contributed by atoms with Crippen LogP contribution in [0.15, 0.2) is 6.20 Å². The number of ether oxygens (including phenoxy) is 1. The molecule has 1 aromatic heterocycles. The Morgan fingerprint density at radius 2 is 2.21 bits per heavy atom. The molecule has 0 saturated carbocycles. The maximum atomic E-state index is 13.0. The van der Waals surface area contributed by atoms with Crippen molar-refractivity contribution in [3.63, 3.8) is 0 Å². The molecule has 0 aliphatic heterocycles. The highest BCUT2D eigenvalue weighted by atomic mass is 35.5. The summed E-state index contributed by atoms with van der Waals surface area (Å²) < 4.78 is 42.3. The van der Waals surface area contributed by atoms with Crippen LogP contribution in [0.5, 0.6) is 5.75 Å². The van der Waals surface area contributed by atoms with E-state index in [9.17, 15) is 13.2 Å². The van der Waals surface area contributed by atoms with Gasteiger partial charge in [-0.15, -0.1) is 11.6 Å². The molecule has 0 amide bonds. The van der Waals surface area contributed by atoms with Crippen molar-refractivity contribution in [2.24, 2.45) is 0 Å².